The van der Waals surface area contributed by atoms with Gasteiger partial charge in [-0.3, -0.25) is 0 Å². The second kappa shape index (κ2) is 14.8. The Labute approximate surface area is 339 Å². The van der Waals surface area contributed by atoms with Gasteiger partial charge in [0, 0.05) is 49.7 Å². The predicted octanol–water partition coefficient (Wildman–Crippen LogP) is 12.2. The van der Waals surface area contributed by atoms with Crippen LogP contribution in [0.1, 0.15) is 5.56 Å². The van der Waals surface area contributed by atoms with Crippen molar-refractivity contribution in [3.8, 4) is 79.8 Å². The molecule has 3 heterocycles. The standard InChI is InChI=1S/C51H30N8/c1-53-39-24-26-41-40-25-22-33(32-52)28-46(40)59(47(41)30-39)45-27-23-38(50-57-48(36-18-10-4-11-19-36)56-49(58-50)37-20-12-5-13-21-37)29-42(45)51-54-43(34-14-6-2-7-15-34)31-44(55-51)35-16-8-3-9-17-35/h2-31H. The van der Waals surface area contributed by atoms with Crippen molar-refractivity contribution in [2.45, 2.75) is 0 Å². The summed E-state index contributed by atoms with van der Waals surface area (Å²) in [6.45, 7) is 7.90. The predicted molar refractivity (Wildman–Crippen MR) is 233 cm³/mol. The van der Waals surface area contributed by atoms with Crippen molar-refractivity contribution in [2.75, 3.05) is 0 Å². The molecule has 8 nitrogen and oxygen atoms in total. The second-order valence-electron chi connectivity index (χ2n) is 14.0. The maximum absolute atomic E-state index is 10.1. The molecule has 0 N–H and O–H groups in total. The van der Waals surface area contributed by atoms with Gasteiger partial charge in [0.2, 0.25) is 0 Å². The molecule has 0 atom stereocenters. The summed E-state index contributed by atoms with van der Waals surface area (Å²) in [4.78, 5) is 29.4. The fourth-order valence-electron chi connectivity index (χ4n) is 7.47. The van der Waals surface area contributed by atoms with Gasteiger partial charge < -0.3 is 4.57 Å². The lowest BCUT2D eigenvalue weighted by Crippen LogP contribution is -2.04. The molecule has 0 aliphatic rings. The number of fused-ring (bicyclic) bond motifs is 3. The highest BCUT2D eigenvalue weighted by Gasteiger charge is 2.22. The van der Waals surface area contributed by atoms with Crippen LogP contribution in [0.3, 0.4) is 0 Å². The Balaban J connectivity index is 1.30. The molecule has 10 aromatic rings. The van der Waals surface area contributed by atoms with Crippen molar-refractivity contribution in [1.82, 2.24) is 29.5 Å². The Morgan fingerprint density at radius 3 is 1.46 bits per heavy atom. The van der Waals surface area contributed by atoms with Gasteiger partial charge in [-0.05, 0) is 42.5 Å². The number of aromatic nitrogens is 6. The molecule has 0 saturated carbocycles. The zero-order valence-electron chi connectivity index (χ0n) is 31.4. The first-order chi connectivity index (χ1) is 29.1. The van der Waals surface area contributed by atoms with Crippen LogP contribution in [0.25, 0.3) is 100 Å². The molecule has 0 bridgehead atoms. The lowest BCUT2D eigenvalue weighted by Gasteiger charge is -2.17. The van der Waals surface area contributed by atoms with E-state index in [9.17, 15) is 5.26 Å². The summed E-state index contributed by atoms with van der Waals surface area (Å²) in [5.41, 5.74) is 9.99. The molecule has 0 spiro atoms. The first-order valence-electron chi connectivity index (χ1n) is 19.0. The fourth-order valence-corrected chi connectivity index (χ4v) is 7.47. The van der Waals surface area contributed by atoms with Crippen LogP contribution in [0.5, 0.6) is 0 Å². The lowest BCUT2D eigenvalue weighted by atomic mass is 10.0. The van der Waals surface area contributed by atoms with E-state index < -0.39 is 0 Å². The van der Waals surface area contributed by atoms with Gasteiger partial charge >= 0.3 is 0 Å². The number of benzene rings is 7. The van der Waals surface area contributed by atoms with E-state index in [1.54, 1.807) is 0 Å². The summed E-state index contributed by atoms with van der Waals surface area (Å²) in [5.74, 6) is 2.06. The minimum absolute atomic E-state index is 0.482. The number of nitriles is 1. The van der Waals surface area contributed by atoms with Gasteiger partial charge in [0.15, 0.2) is 29.0 Å². The molecule has 3 aromatic heterocycles. The maximum atomic E-state index is 10.1. The van der Waals surface area contributed by atoms with Gasteiger partial charge in [-0.2, -0.15) is 5.26 Å². The summed E-state index contributed by atoms with van der Waals surface area (Å²) < 4.78 is 2.11. The van der Waals surface area contributed by atoms with Gasteiger partial charge in [0.25, 0.3) is 0 Å². The van der Waals surface area contributed by atoms with Crippen molar-refractivity contribution < 1.29 is 0 Å². The summed E-state index contributed by atoms with van der Waals surface area (Å²) in [7, 11) is 0. The van der Waals surface area contributed by atoms with Crippen LogP contribution < -0.4 is 0 Å². The highest BCUT2D eigenvalue weighted by molar-refractivity contribution is 6.11. The minimum atomic E-state index is 0.482. The highest BCUT2D eigenvalue weighted by atomic mass is 15.0. The smallest absolute Gasteiger partial charge is 0.189 e. The first-order valence-corrected chi connectivity index (χ1v) is 19.0. The van der Waals surface area contributed by atoms with Crippen LogP contribution in [-0.4, -0.2) is 29.5 Å². The van der Waals surface area contributed by atoms with E-state index in [0.717, 1.165) is 66.7 Å². The number of rotatable bonds is 7. The third kappa shape index (κ3) is 6.53. The van der Waals surface area contributed by atoms with E-state index in [-0.39, 0.29) is 0 Å². The molecule has 0 unspecified atom stereocenters. The van der Waals surface area contributed by atoms with E-state index in [2.05, 4.69) is 15.5 Å². The molecule has 10 rings (SSSR count). The Kier molecular flexibility index (Phi) is 8.76. The Hall–Kier alpha value is -8.59. The van der Waals surface area contributed by atoms with Gasteiger partial charge in [-0.25, -0.2) is 29.8 Å². The van der Waals surface area contributed by atoms with Crippen molar-refractivity contribution in [2.24, 2.45) is 0 Å². The molecular weight excluding hydrogens is 725 g/mol. The van der Waals surface area contributed by atoms with Crippen molar-refractivity contribution in [3.63, 3.8) is 0 Å². The molecule has 0 aliphatic heterocycles. The van der Waals surface area contributed by atoms with Gasteiger partial charge in [-0.1, -0.05) is 140 Å². The molecule has 7 aromatic carbocycles. The molecular formula is C51H30N8. The number of nitrogens with zero attached hydrogens (tertiary/aromatic N) is 8. The Morgan fingerprint density at radius 1 is 0.441 bits per heavy atom. The van der Waals surface area contributed by atoms with Crippen molar-refractivity contribution in [3.05, 3.63) is 199 Å². The zero-order valence-corrected chi connectivity index (χ0v) is 31.4. The second-order valence-corrected chi connectivity index (χ2v) is 14.0. The van der Waals surface area contributed by atoms with Gasteiger partial charge in [0.1, 0.15) is 0 Å². The highest BCUT2D eigenvalue weighted by Crippen LogP contribution is 2.40. The van der Waals surface area contributed by atoms with Crippen LogP contribution in [0.2, 0.25) is 0 Å². The number of hydrogen-bond acceptors (Lipinski definition) is 6. The summed E-state index contributed by atoms with van der Waals surface area (Å²) in [6.07, 6.45) is 0. The van der Waals surface area contributed by atoms with E-state index in [1.807, 2.05) is 182 Å². The van der Waals surface area contributed by atoms with E-state index >= 15 is 0 Å². The topological polar surface area (TPSA) is 97.5 Å². The quantitative estimate of drug-likeness (QED) is 0.150. The van der Waals surface area contributed by atoms with E-state index in [1.165, 1.54) is 0 Å². The molecule has 0 saturated heterocycles. The number of hydrogen-bond donors (Lipinski definition) is 0. The molecule has 0 amide bonds. The largest absolute Gasteiger partial charge is 0.310 e. The van der Waals surface area contributed by atoms with Crippen molar-refractivity contribution >= 4 is 27.5 Å². The molecule has 274 valence electrons. The molecule has 0 aliphatic carbocycles. The Morgan fingerprint density at radius 2 is 0.932 bits per heavy atom. The van der Waals surface area contributed by atoms with E-state index in [0.29, 0.717) is 40.1 Å². The SMILES string of the molecule is [C-]#[N+]c1ccc2c3ccc(C#N)cc3n(-c3ccc(-c4nc(-c5ccccc5)nc(-c5ccccc5)n4)cc3-c3nc(-c4ccccc4)cc(-c4ccccc4)n3)c2c1. The van der Waals surface area contributed by atoms with E-state index in [4.69, 9.17) is 31.5 Å². The average molecular weight is 755 g/mol. The lowest BCUT2D eigenvalue weighted by molar-refractivity contribution is 1.07. The Bertz CT molecular complexity index is 3090. The van der Waals surface area contributed by atoms with Gasteiger partial charge in [0.05, 0.1) is 40.8 Å². The maximum Gasteiger partial charge on any atom is 0.189 e. The third-order valence-corrected chi connectivity index (χ3v) is 10.3. The molecule has 59 heavy (non-hydrogen) atoms. The normalized spacial score (nSPS) is 11.0. The monoisotopic (exact) mass is 754 g/mol. The third-order valence-electron chi connectivity index (χ3n) is 10.3. The summed E-state index contributed by atoms with van der Waals surface area (Å²) in [5, 5.41) is 12.0. The fraction of sp³-hybridized carbons (Fsp3) is 0. The van der Waals surface area contributed by atoms with Crippen molar-refractivity contribution in [1.29, 1.82) is 5.26 Å². The van der Waals surface area contributed by atoms with Crippen LogP contribution in [0.15, 0.2) is 182 Å². The summed E-state index contributed by atoms with van der Waals surface area (Å²) in [6, 6.07) is 61.7. The average Bonchev–Trinajstić information content (AvgIpc) is 3.64. The molecule has 0 fully saturated rings. The minimum Gasteiger partial charge on any atom is -0.310 e. The van der Waals surface area contributed by atoms with Crippen LogP contribution in [0, 0.1) is 17.9 Å². The van der Waals surface area contributed by atoms with Crippen LogP contribution in [0.4, 0.5) is 5.69 Å². The molecule has 0 radical (unpaired) electrons. The van der Waals surface area contributed by atoms with Crippen LogP contribution >= 0.6 is 0 Å². The van der Waals surface area contributed by atoms with Crippen LogP contribution in [-0.2, 0) is 0 Å². The first kappa shape index (κ1) is 34.9. The summed E-state index contributed by atoms with van der Waals surface area (Å²) >= 11 is 0. The van der Waals surface area contributed by atoms with Gasteiger partial charge in [-0.15, -0.1) is 0 Å². The zero-order chi connectivity index (χ0) is 39.7. The molecule has 8 heteroatoms.